The standard InChI is InChI=1S/C15H24N4O2/c1-3-6-13(19-15(16)21)14(20)18-12-8-5-7-11(9-12)10-17-4-2/h5,7-9,13,17H,3-4,6,10H2,1-2H3,(H,18,20)(H3,16,19,21)/t13-/m1/s1. The largest absolute Gasteiger partial charge is 0.352 e. The van der Waals surface area contributed by atoms with Crippen LogP contribution in [0.15, 0.2) is 24.3 Å². The lowest BCUT2D eigenvalue weighted by molar-refractivity contribution is -0.118. The quantitative estimate of drug-likeness (QED) is 0.585. The molecule has 1 atom stereocenters. The highest BCUT2D eigenvalue weighted by Crippen LogP contribution is 2.11. The lowest BCUT2D eigenvalue weighted by atomic mass is 10.1. The Morgan fingerprint density at radius 3 is 2.67 bits per heavy atom. The van der Waals surface area contributed by atoms with Gasteiger partial charge in [-0.15, -0.1) is 0 Å². The van der Waals surface area contributed by atoms with Crippen LogP contribution in [0.3, 0.4) is 0 Å². The van der Waals surface area contributed by atoms with Crippen molar-refractivity contribution >= 4 is 17.6 Å². The minimum Gasteiger partial charge on any atom is -0.352 e. The van der Waals surface area contributed by atoms with Crippen LogP contribution in [0.5, 0.6) is 0 Å². The second-order valence-corrected chi connectivity index (χ2v) is 4.82. The van der Waals surface area contributed by atoms with Gasteiger partial charge in [0.1, 0.15) is 6.04 Å². The number of nitrogens with two attached hydrogens (primary N) is 1. The second-order valence-electron chi connectivity index (χ2n) is 4.82. The first kappa shape index (κ1) is 17.0. The molecule has 6 nitrogen and oxygen atoms in total. The predicted octanol–water partition coefficient (Wildman–Crippen LogP) is 1.57. The Bertz CT molecular complexity index is 476. The molecule has 6 heteroatoms. The lowest BCUT2D eigenvalue weighted by Gasteiger charge is -2.17. The number of anilines is 1. The van der Waals surface area contributed by atoms with Crippen molar-refractivity contribution in [1.29, 1.82) is 0 Å². The summed E-state index contributed by atoms with van der Waals surface area (Å²) in [6.45, 7) is 5.62. The molecule has 0 heterocycles. The number of hydrogen-bond acceptors (Lipinski definition) is 3. The van der Waals surface area contributed by atoms with Gasteiger partial charge < -0.3 is 21.7 Å². The van der Waals surface area contributed by atoms with Crippen molar-refractivity contribution in [2.24, 2.45) is 5.73 Å². The van der Waals surface area contributed by atoms with Crippen LogP contribution in [0.4, 0.5) is 10.5 Å². The molecule has 0 radical (unpaired) electrons. The van der Waals surface area contributed by atoms with Crippen molar-refractivity contribution in [2.45, 2.75) is 39.3 Å². The number of carbonyl (C=O) groups is 2. The summed E-state index contributed by atoms with van der Waals surface area (Å²) in [5.74, 6) is -0.253. The highest BCUT2D eigenvalue weighted by atomic mass is 16.2. The van der Waals surface area contributed by atoms with Crippen LogP contribution < -0.4 is 21.7 Å². The molecule has 0 aliphatic heterocycles. The molecular formula is C15H24N4O2. The van der Waals surface area contributed by atoms with E-state index in [0.717, 1.165) is 25.1 Å². The number of carbonyl (C=O) groups excluding carboxylic acids is 2. The Hall–Kier alpha value is -2.08. The fourth-order valence-corrected chi connectivity index (χ4v) is 1.99. The summed E-state index contributed by atoms with van der Waals surface area (Å²) in [4.78, 5) is 23.1. The zero-order valence-corrected chi connectivity index (χ0v) is 12.6. The lowest BCUT2D eigenvalue weighted by Crippen LogP contribution is -2.46. The first-order chi connectivity index (χ1) is 10.1. The average molecular weight is 292 g/mol. The maximum absolute atomic E-state index is 12.2. The van der Waals surface area contributed by atoms with E-state index in [-0.39, 0.29) is 5.91 Å². The first-order valence-electron chi connectivity index (χ1n) is 7.23. The van der Waals surface area contributed by atoms with Crippen LogP contribution in [-0.2, 0) is 11.3 Å². The maximum Gasteiger partial charge on any atom is 0.312 e. The summed E-state index contributed by atoms with van der Waals surface area (Å²) in [5.41, 5.74) is 6.89. The summed E-state index contributed by atoms with van der Waals surface area (Å²) >= 11 is 0. The summed E-state index contributed by atoms with van der Waals surface area (Å²) in [6.07, 6.45) is 1.32. The first-order valence-corrected chi connectivity index (χ1v) is 7.23. The van der Waals surface area contributed by atoms with Crippen LogP contribution in [0.25, 0.3) is 0 Å². The molecule has 0 bridgehead atoms. The molecule has 21 heavy (non-hydrogen) atoms. The second kappa shape index (κ2) is 8.97. The summed E-state index contributed by atoms with van der Waals surface area (Å²) in [7, 11) is 0. The molecule has 1 aromatic rings. The van der Waals surface area contributed by atoms with Crippen LogP contribution in [0.2, 0.25) is 0 Å². The van der Waals surface area contributed by atoms with Crippen molar-refractivity contribution in [2.75, 3.05) is 11.9 Å². The monoisotopic (exact) mass is 292 g/mol. The molecule has 0 aliphatic carbocycles. The third-order valence-electron chi connectivity index (χ3n) is 2.98. The van der Waals surface area contributed by atoms with Gasteiger partial charge in [0, 0.05) is 12.2 Å². The Labute approximate surface area is 125 Å². The van der Waals surface area contributed by atoms with Gasteiger partial charge in [-0.1, -0.05) is 32.4 Å². The van der Waals surface area contributed by atoms with E-state index >= 15 is 0 Å². The van der Waals surface area contributed by atoms with Crippen molar-refractivity contribution in [3.8, 4) is 0 Å². The fraction of sp³-hybridized carbons (Fsp3) is 0.467. The highest BCUT2D eigenvalue weighted by Gasteiger charge is 2.18. The molecule has 0 aromatic heterocycles. The van der Waals surface area contributed by atoms with Crippen molar-refractivity contribution in [1.82, 2.24) is 10.6 Å². The Morgan fingerprint density at radius 1 is 1.29 bits per heavy atom. The topological polar surface area (TPSA) is 96.2 Å². The zero-order valence-electron chi connectivity index (χ0n) is 12.6. The molecule has 0 saturated carbocycles. The molecular weight excluding hydrogens is 268 g/mol. The van der Waals surface area contributed by atoms with Gasteiger partial charge in [0.2, 0.25) is 5.91 Å². The molecule has 5 N–H and O–H groups in total. The molecule has 116 valence electrons. The normalized spacial score (nSPS) is 11.7. The van der Waals surface area contributed by atoms with Crippen molar-refractivity contribution in [3.05, 3.63) is 29.8 Å². The van der Waals surface area contributed by atoms with Gasteiger partial charge in [-0.25, -0.2) is 4.79 Å². The Balaban J connectivity index is 2.69. The minimum absolute atomic E-state index is 0.253. The molecule has 0 spiro atoms. The number of benzene rings is 1. The molecule has 0 fully saturated rings. The van der Waals surface area contributed by atoms with Crippen LogP contribution in [-0.4, -0.2) is 24.5 Å². The molecule has 0 unspecified atom stereocenters. The van der Waals surface area contributed by atoms with Gasteiger partial charge in [-0.05, 0) is 30.7 Å². The van der Waals surface area contributed by atoms with Crippen LogP contribution in [0, 0.1) is 0 Å². The fourth-order valence-electron chi connectivity index (χ4n) is 1.99. The van der Waals surface area contributed by atoms with E-state index < -0.39 is 12.1 Å². The van der Waals surface area contributed by atoms with Gasteiger partial charge in [0.05, 0.1) is 0 Å². The molecule has 0 saturated heterocycles. The van der Waals surface area contributed by atoms with Crippen molar-refractivity contribution in [3.63, 3.8) is 0 Å². The van der Waals surface area contributed by atoms with E-state index in [2.05, 4.69) is 16.0 Å². The van der Waals surface area contributed by atoms with E-state index in [1.807, 2.05) is 38.1 Å². The SMILES string of the molecule is CCC[C@@H](NC(N)=O)C(=O)Nc1cccc(CNCC)c1. The zero-order chi connectivity index (χ0) is 15.7. The molecule has 1 rings (SSSR count). The molecule has 1 aromatic carbocycles. The van der Waals surface area contributed by atoms with Gasteiger partial charge in [0.25, 0.3) is 0 Å². The van der Waals surface area contributed by atoms with Gasteiger partial charge >= 0.3 is 6.03 Å². The number of hydrogen-bond donors (Lipinski definition) is 4. The molecule has 0 aliphatic rings. The van der Waals surface area contributed by atoms with E-state index in [9.17, 15) is 9.59 Å². The van der Waals surface area contributed by atoms with Gasteiger partial charge in [-0.3, -0.25) is 4.79 Å². The Kier molecular flexibility index (Phi) is 7.25. The number of amides is 3. The average Bonchev–Trinajstić information content (AvgIpc) is 2.44. The van der Waals surface area contributed by atoms with E-state index in [1.165, 1.54) is 0 Å². The predicted molar refractivity (Wildman–Crippen MR) is 83.9 cm³/mol. The van der Waals surface area contributed by atoms with Gasteiger partial charge in [-0.2, -0.15) is 0 Å². The third kappa shape index (κ3) is 6.27. The van der Waals surface area contributed by atoms with E-state index in [1.54, 1.807) is 0 Å². The maximum atomic E-state index is 12.2. The number of urea groups is 1. The smallest absolute Gasteiger partial charge is 0.312 e. The highest BCUT2D eigenvalue weighted by molar-refractivity contribution is 5.96. The summed E-state index contributed by atoms with van der Waals surface area (Å²) < 4.78 is 0. The van der Waals surface area contributed by atoms with Gasteiger partial charge in [0.15, 0.2) is 0 Å². The molecule has 3 amide bonds. The number of primary amides is 1. The Morgan fingerprint density at radius 2 is 2.05 bits per heavy atom. The van der Waals surface area contributed by atoms with Crippen LogP contribution in [0.1, 0.15) is 32.3 Å². The van der Waals surface area contributed by atoms with Crippen LogP contribution >= 0.6 is 0 Å². The van der Waals surface area contributed by atoms with E-state index in [4.69, 9.17) is 5.73 Å². The minimum atomic E-state index is -0.690. The summed E-state index contributed by atoms with van der Waals surface area (Å²) in [5, 5.41) is 8.50. The number of nitrogens with one attached hydrogen (secondary N) is 3. The summed E-state index contributed by atoms with van der Waals surface area (Å²) in [6, 6.07) is 6.31. The van der Waals surface area contributed by atoms with E-state index in [0.29, 0.717) is 12.1 Å². The number of rotatable bonds is 8. The van der Waals surface area contributed by atoms with Crippen molar-refractivity contribution < 1.29 is 9.59 Å². The third-order valence-corrected chi connectivity index (χ3v) is 2.98.